The predicted molar refractivity (Wildman–Crippen MR) is 251 cm³/mol. The lowest BCUT2D eigenvalue weighted by molar-refractivity contribution is -0.870. The maximum Gasteiger partial charge on any atom is 0.268 e. The number of nitrogens with one attached hydrogen (secondary N) is 1. The van der Waals surface area contributed by atoms with Crippen molar-refractivity contribution in [3.63, 3.8) is 0 Å². The average Bonchev–Trinajstić information content (AvgIpc) is 3.19. The molecule has 344 valence electrons. The first-order valence-corrected chi connectivity index (χ1v) is 25.6. The number of nitrogens with zero attached hydrogens (tertiary/aromatic N) is 1. The highest BCUT2D eigenvalue weighted by molar-refractivity contribution is 7.45. The van der Waals surface area contributed by atoms with E-state index in [1.54, 1.807) is 6.08 Å². The molecule has 0 radical (unpaired) electrons. The number of phosphoric ester groups is 1. The Hall–Kier alpha value is -1.80. The summed E-state index contributed by atoms with van der Waals surface area (Å²) in [5, 5.41) is 13.8. The molecule has 0 aliphatic rings. The number of allylic oxidation sites excluding steroid dienone is 9. The lowest BCUT2D eigenvalue weighted by Gasteiger charge is -2.29. The number of carbonyl (C=O) groups is 1. The molecule has 0 aliphatic heterocycles. The molecule has 2 N–H and O–H groups in total. The van der Waals surface area contributed by atoms with E-state index in [4.69, 9.17) is 9.05 Å². The maximum absolute atomic E-state index is 12.9. The maximum atomic E-state index is 12.9. The van der Waals surface area contributed by atoms with Crippen molar-refractivity contribution in [2.24, 2.45) is 0 Å². The number of carbonyl (C=O) groups excluding carboxylic acids is 1. The van der Waals surface area contributed by atoms with E-state index < -0.39 is 20.0 Å². The van der Waals surface area contributed by atoms with Crippen LogP contribution in [0, 0.1) is 0 Å². The van der Waals surface area contributed by atoms with Gasteiger partial charge in [-0.25, -0.2) is 0 Å². The van der Waals surface area contributed by atoms with Gasteiger partial charge in [-0.05, 0) is 57.8 Å². The second kappa shape index (κ2) is 41.5. The molecule has 0 aliphatic carbocycles. The molecule has 8 nitrogen and oxygen atoms in total. The first-order chi connectivity index (χ1) is 28.5. The van der Waals surface area contributed by atoms with Crippen LogP contribution in [0.3, 0.4) is 0 Å². The molecule has 0 heterocycles. The molecule has 0 spiro atoms. The van der Waals surface area contributed by atoms with Crippen molar-refractivity contribution in [3.05, 3.63) is 60.8 Å². The van der Waals surface area contributed by atoms with E-state index in [1.807, 2.05) is 27.2 Å². The number of quaternary nitrogens is 1. The van der Waals surface area contributed by atoms with Gasteiger partial charge in [0.2, 0.25) is 5.91 Å². The first kappa shape index (κ1) is 57.2. The van der Waals surface area contributed by atoms with Crippen LogP contribution >= 0.6 is 7.82 Å². The Bertz CT molecular complexity index is 1140. The van der Waals surface area contributed by atoms with Crippen molar-refractivity contribution in [3.8, 4) is 0 Å². The Kier molecular flexibility index (Phi) is 40.3. The van der Waals surface area contributed by atoms with Gasteiger partial charge in [0.15, 0.2) is 0 Å². The second-order valence-electron chi connectivity index (χ2n) is 17.4. The third-order valence-electron chi connectivity index (χ3n) is 10.5. The largest absolute Gasteiger partial charge is 0.756 e. The number of hydrogen-bond acceptors (Lipinski definition) is 6. The summed E-state index contributed by atoms with van der Waals surface area (Å²) in [4.78, 5) is 25.4. The van der Waals surface area contributed by atoms with Crippen molar-refractivity contribution in [2.45, 2.75) is 212 Å². The summed E-state index contributed by atoms with van der Waals surface area (Å²) in [6.45, 7) is 4.52. The number of phosphoric acid groups is 1. The van der Waals surface area contributed by atoms with E-state index in [-0.39, 0.29) is 19.1 Å². The standard InChI is InChI=1S/C50H93N2O6P/c1-6-8-10-12-14-16-18-20-22-23-24-25-26-27-28-29-30-32-34-36-38-40-42-44-50(54)51-48(47-58-59(55,56)57-46-45-52(3,4)5)49(53)43-41-39-37-35-33-31-21-19-17-15-13-11-9-7-2/h8,10,14,16,20,22,24-25,41,43,48-49,53H,6-7,9,11-13,15,17-19,21,23,26-40,42,44-47H2,1-5H3,(H-,51,54,55,56)/b10-8-,16-14-,22-20-,25-24-,43-41+. The Balaban J connectivity index is 4.32. The molecule has 59 heavy (non-hydrogen) atoms. The van der Waals surface area contributed by atoms with Gasteiger partial charge in [0, 0.05) is 6.42 Å². The molecule has 0 saturated carbocycles. The van der Waals surface area contributed by atoms with Gasteiger partial charge in [-0.2, -0.15) is 0 Å². The van der Waals surface area contributed by atoms with Gasteiger partial charge in [-0.1, -0.05) is 197 Å². The van der Waals surface area contributed by atoms with Crippen molar-refractivity contribution in [1.29, 1.82) is 0 Å². The highest BCUT2D eigenvalue weighted by Crippen LogP contribution is 2.38. The Morgan fingerprint density at radius 2 is 1.03 bits per heavy atom. The van der Waals surface area contributed by atoms with Crippen molar-refractivity contribution in [1.82, 2.24) is 5.32 Å². The summed E-state index contributed by atoms with van der Waals surface area (Å²) in [6.07, 6.45) is 54.1. The lowest BCUT2D eigenvalue weighted by atomic mass is 10.0. The molecule has 0 fully saturated rings. The van der Waals surface area contributed by atoms with E-state index in [0.29, 0.717) is 17.4 Å². The number of aliphatic hydroxyl groups is 1. The van der Waals surface area contributed by atoms with E-state index in [1.165, 1.54) is 116 Å². The molecule has 3 atom stereocenters. The Labute approximate surface area is 364 Å². The van der Waals surface area contributed by atoms with Gasteiger partial charge >= 0.3 is 0 Å². The molecule has 0 rings (SSSR count). The fourth-order valence-electron chi connectivity index (χ4n) is 6.67. The molecular weight excluding hydrogens is 756 g/mol. The predicted octanol–water partition coefficient (Wildman–Crippen LogP) is 13.2. The van der Waals surface area contributed by atoms with Gasteiger partial charge < -0.3 is 28.8 Å². The number of hydrogen-bond donors (Lipinski definition) is 2. The van der Waals surface area contributed by atoms with E-state index >= 15 is 0 Å². The van der Waals surface area contributed by atoms with Crippen LogP contribution in [-0.2, 0) is 18.4 Å². The zero-order valence-corrected chi connectivity index (χ0v) is 39.8. The summed E-state index contributed by atoms with van der Waals surface area (Å²) >= 11 is 0. The number of aliphatic hydroxyl groups excluding tert-OH is 1. The van der Waals surface area contributed by atoms with Crippen LogP contribution in [0.2, 0.25) is 0 Å². The summed E-state index contributed by atoms with van der Waals surface area (Å²) in [5.41, 5.74) is 0. The van der Waals surface area contributed by atoms with Gasteiger partial charge in [0.1, 0.15) is 13.2 Å². The summed E-state index contributed by atoms with van der Waals surface area (Å²) in [6, 6.07) is -0.890. The molecule has 0 aromatic carbocycles. The van der Waals surface area contributed by atoms with Crippen LogP contribution in [-0.4, -0.2) is 68.5 Å². The minimum atomic E-state index is -4.59. The molecule has 0 aromatic rings. The van der Waals surface area contributed by atoms with Crippen molar-refractivity contribution >= 4 is 13.7 Å². The van der Waals surface area contributed by atoms with E-state index in [0.717, 1.165) is 64.2 Å². The zero-order chi connectivity index (χ0) is 43.6. The third-order valence-corrected chi connectivity index (χ3v) is 11.4. The Morgan fingerprint density at radius 1 is 0.610 bits per heavy atom. The van der Waals surface area contributed by atoms with Crippen LogP contribution in [0.15, 0.2) is 60.8 Å². The van der Waals surface area contributed by atoms with Crippen LogP contribution in [0.4, 0.5) is 0 Å². The molecule has 1 amide bonds. The lowest BCUT2D eigenvalue weighted by Crippen LogP contribution is -2.45. The van der Waals surface area contributed by atoms with Crippen LogP contribution < -0.4 is 10.2 Å². The van der Waals surface area contributed by atoms with Crippen molar-refractivity contribution < 1.29 is 32.9 Å². The number of unbranched alkanes of at least 4 members (excludes halogenated alkanes) is 22. The van der Waals surface area contributed by atoms with E-state index in [9.17, 15) is 19.4 Å². The Morgan fingerprint density at radius 3 is 1.51 bits per heavy atom. The summed E-state index contributed by atoms with van der Waals surface area (Å²) in [7, 11) is 1.25. The highest BCUT2D eigenvalue weighted by Gasteiger charge is 2.23. The minimum Gasteiger partial charge on any atom is -0.756 e. The fourth-order valence-corrected chi connectivity index (χ4v) is 7.40. The average molecular weight is 849 g/mol. The monoisotopic (exact) mass is 849 g/mol. The normalized spacial score (nSPS) is 14.8. The number of likely N-dealkylation sites (N-methyl/N-ethyl adjacent to an activating group) is 1. The fraction of sp³-hybridized carbons (Fsp3) is 0.780. The molecule has 9 heteroatoms. The van der Waals surface area contributed by atoms with Crippen molar-refractivity contribution in [2.75, 3.05) is 40.9 Å². The van der Waals surface area contributed by atoms with Gasteiger partial charge in [0.25, 0.3) is 7.82 Å². The third kappa shape index (κ3) is 44.1. The highest BCUT2D eigenvalue weighted by atomic mass is 31.2. The molecule has 0 saturated heterocycles. The topological polar surface area (TPSA) is 108 Å². The SMILES string of the molecule is CC/C=C\C/C=C\C/C=C\C/C=C\CCCCCCCCCCCCC(=O)NC(COP(=O)([O-])OCC[N+](C)(C)C)C(O)/C=C/CCCCCCCCCCCCCC. The smallest absolute Gasteiger partial charge is 0.268 e. The van der Waals surface area contributed by atoms with Crippen LogP contribution in [0.5, 0.6) is 0 Å². The zero-order valence-electron chi connectivity index (χ0n) is 38.9. The summed E-state index contributed by atoms with van der Waals surface area (Å²) in [5.74, 6) is -0.205. The minimum absolute atomic E-state index is 0.00391. The molecular formula is C50H93N2O6P. The van der Waals surface area contributed by atoms with Gasteiger partial charge in [0.05, 0.1) is 39.9 Å². The molecule has 0 bridgehead atoms. The number of amides is 1. The van der Waals surface area contributed by atoms with Crippen LogP contribution in [0.1, 0.15) is 200 Å². The molecule has 0 aromatic heterocycles. The van der Waals surface area contributed by atoms with Crippen LogP contribution in [0.25, 0.3) is 0 Å². The number of rotatable bonds is 43. The van der Waals surface area contributed by atoms with Gasteiger partial charge in [-0.3, -0.25) is 9.36 Å². The first-order valence-electron chi connectivity index (χ1n) is 24.2. The van der Waals surface area contributed by atoms with E-state index in [2.05, 4.69) is 67.8 Å². The van der Waals surface area contributed by atoms with Gasteiger partial charge in [-0.15, -0.1) is 0 Å². The quantitative estimate of drug-likeness (QED) is 0.0274. The summed E-state index contributed by atoms with van der Waals surface area (Å²) < 4.78 is 23.2. The molecule has 3 unspecified atom stereocenters. The second-order valence-corrected chi connectivity index (χ2v) is 18.8.